The number of hydrogen-bond acceptors (Lipinski definition) is 2. The standard InChI is InChI=1S/C19H14F2N2O/c1-12-2-9-18(24-12)19-22-16-10-15(21)7-8-17(16)23(19)11-13-3-5-14(20)6-4-13/h2-10H,11H2,1H3. The minimum Gasteiger partial charge on any atom is -0.458 e. The number of fused-ring (bicyclic) bond motifs is 1. The zero-order valence-electron chi connectivity index (χ0n) is 13.0. The van der Waals surface area contributed by atoms with E-state index in [1.165, 1.54) is 24.3 Å². The number of aryl methyl sites for hydroxylation is 1. The first-order chi connectivity index (χ1) is 11.6. The number of furan rings is 1. The van der Waals surface area contributed by atoms with Crippen molar-refractivity contribution in [2.24, 2.45) is 0 Å². The van der Waals surface area contributed by atoms with Crippen LogP contribution in [-0.2, 0) is 6.54 Å². The zero-order valence-corrected chi connectivity index (χ0v) is 13.0. The van der Waals surface area contributed by atoms with Gasteiger partial charge in [0.15, 0.2) is 11.6 Å². The van der Waals surface area contributed by atoms with Crippen LogP contribution in [0.3, 0.4) is 0 Å². The minimum absolute atomic E-state index is 0.279. The molecule has 0 atom stereocenters. The van der Waals surface area contributed by atoms with Crippen molar-refractivity contribution < 1.29 is 13.2 Å². The van der Waals surface area contributed by atoms with Gasteiger partial charge in [-0.15, -0.1) is 0 Å². The molecule has 3 nitrogen and oxygen atoms in total. The summed E-state index contributed by atoms with van der Waals surface area (Å²) in [6.45, 7) is 2.34. The average Bonchev–Trinajstić information content (AvgIpc) is 3.13. The summed E-state index contributed by atoms with van der Waals surface area (Å²) in [6.07, 6.45) is 0. The largest absolute Gasteiger partial charge is 0.458 e. The van der Waals surface area contributed by atoms with Crippen molar-refractivity contribution >= 4 is 11.0 Å². The number of rotatable bonds is 3. The lowest BCUT2D eigenvalue weighted by molar-refractivity contribution is 0.540. The van der Waals surface area contributed by atoms with Crippen molar-refractivity contribution in [3.8, 4) is 11.6 Å². The lowest BCUT2D eigenvalue weighted by Gasteiger charge is -2.08. The lowest BCUT2D eigenvalue weighted by atomic mass is 10.2. The summed E-state index contributed by atoms with van der Waals surface area (Å²) in [4.78, 5) is 4.53. The van der Waals surface area contributed by atoms with Gasteiger partial charge in [-0.05, 0) is 48.9 Å². The van der Waals surface area contributed by atoms with Crippen LogP contribution in [0.4, 0.5) is 8.78 Å². The van der Waals surface area contributed by atoms with Crippen molar-refractivity contribution in [2.75, 3.05) is 0 Å². The van der Waals surface area contributed by atoms with Crippen LogP contribution in [0.1, 0.15) is 11.3 Å². The monoisotopic (exact) mass is 324 g/mol. The molecule has 0 spiro atoms. The molecule has 0 N–H and O–H groups in total. The molecule has 0 saturated heterocycles. The molecule has 0 unspecified atom stereocenters. The van der Waals surface area contributed by atoms with Crippen LogP contribution in [0.25, 0.3) is 22.6 Å². The SMILES string of the molecule is Cc1ccc(-c2nc3cc(F)ccc3n2Cc2ccc(F)cc2)o1. The van der Waals surface area contributed by atoms with Crippen molar-refractivity contribution in [3.05, 3.63) is 77.6 Å². The Morgan fingerprint density at radius 1 is 0.958 bits per heavy atom. The number of benzene rings is 2. The normalized spacial score (nSPS) is 11.3. The Morgan fingerprint density at radius 3 is 2.42 bits per heavy atom. The summed E-state index contributed by atoms with van der Waals surface area (Å²) in [6, 6.07) is 14.5. The molecule has 2 heterocycles. The van der Waals surface area contributed by atoms with Gasteiger partial charge >= 0.3 is 0 Å². The van der Waals surface area contributed by atoms with Crippen LogP contribution in [0.15, 0.2) is 59.0 Å². The molecule has 0 amide bonds. The second-order valence-corrected chi connectivity index (χ2v) is 5.69. The predicted octanol–water partition coefficient (Wildman–Crippen LogP) is 4.93. The lowest BCUT2D eigenvalue weighted by Crippen LogP contribution is -2.02. The first-order valence-electron chi connectivity index (χ1n) is 7.57. The third-order valence-electron chi connectivity index (χ3n) is 3.92. The number of aromatic nitrogens is 2. The fourth-order valence-electron chi connectivity index (χ4n) is 2.78. The van der Waals surface area contributed by atoms with E-state index in [1.807, 2.05) is 23.6 Å². The average molecular weight is 324 g/mol. The van der Waals surface area contributed by atoms with E-state index >= 15 is 0 Å². The Kier molecular flexibility index (Phi) is 3.41. The third kappa shape index (κ3) is 2.58. The van der Waals surface area contributed by atoms with Crippen LogP contribution in [-0.4, -0.2) is 9.55 Å². The fraction of sp³-hybridized carbons (Fsp3) is 0.105. The van der Waals surface area contributed by atoms with E-state index < -0.39 is 0 Å². The molecule has 120 valence electrons. The van der Waals surface area contributed by atoms with Crippen molar-refractivity contribution in [2.45, 2.75) is 13.5 Å². The summed E-state index contributed by atoms with van der Waals surface area (Å²) in [5, 5.41) is 0. The smallest absolute Gasteiger partial charge is 0.177 e. The Balaban J connectivity index is 1.88. The Labute approximate surface area is 137 Å². The highest BCUT2D eigenvalue weighted by Crippen LogP contribution is 2.27. The fourth-order valence-corrected chi connectivity index (χ4v) is 2.78. The highest BCUT2D eigenvalue weighted by Gasteiger charge is 2.16. The van der Waals surface area contributed by atoms with E-state index in [0.29, 0.717) is 23.6 Å². The van der Waals surface area contributed by atoms with E-state index in [0.717, 1.165) is 16.8 Å². The highest BCUT2D eigenvalue weighted by molar-refractivity contribution is 5.80. The number of halogens is 2. The maximum atomic E-state index is 13.5. The summed E-state index contributed by atoms with van der Waals surface area (Å²) in [5.74, 6) is 1.39. The van der Waals surface area contributed by atoms with Gasteiger partial charge in [0.25, 0.3) is 0 Å². The van der Waals surface area contributed by atoms with Crippen LogP contribution in [0.5, 0.6) is 0 Å². The predicted molar refractivity (Wildman–Crippen MR) is 87.6 cm³/mol. The molecule has 0 saturated carbocycles. The van der Waals surface area contributed by atoms with Gasteiger partial charge in [-0.1, -0.05) is 12.1 Å². The summed E-state index contributed by atoms with van der Waals surface area (Å²) >= 11 is 0. The number of hydrogen-bond donors (Lipinski definition) is 0. The van der Waals surface area contributed by atoms with Gasteiger partial charge in [0, 0.05) is 12.6 Å². The van der Waals surface area contributed by atoms with Gasteiger partial charge in [-0.2, -0.15) is 0 Å². The van der Waals surface area contributed by atoms with Crippen molar-refractivity contribution in [3.63, 3.8) is 0 Å². The number of nitrogens with zero attached hydrogens (tertiary/aromatic N) is 2. The Hall–Kier alpha value is -2.95. The molecule has 0 radical (unpaired) electrons. The van der Waals surface area contributed by atoms with Crippen molar-refractivity contribution in [1.29, 1.82) is 0 Å². The second kappa shape index (κ2) is 5.60. The van der Waals surface area contributed by atoms with Gasteiger partial charge in [-0.25, -0.2) is 13.8 Å². The van der Waals surface area contributed by atoms with E-state index in [4.69, 9.17) is 4.42 Å². The maximum Gasteiger partial charge on any atom is 0.177 e. The molecule has 24 heavy (non-hydrogen) atoms. The van der Waals surface area contributed by atoms with E-state index in [2.05, 4.69) is 4.98 Å². The molecule has 0 aliphatic carbocycles. The highest BCUT2D eigenvalue weighted by atomic mass is 19.1. The second-order valence-electron chi connectivity index (χ2n) is 5.69. The van der Waals surface area contributed by atoms with Crippen LogP contribution < -0.4 is 0 Å². The Morgan fingerprint density at radius 2 is 1.71 bits per heavy atom. The molecule has 4 rings (SSSR count). The molecular weight excluding hydrogens is 310 g/mol. The van der Waals surface area contributed by atoms with E-state index in [9.17, 15) is 8.78 Å². The molecule has 0 aliphatic rings. The number of imidazole rings is 1. The van der Waals surface area contributed by atoms with Crippen LogP contribution in [0, 0.1) is 18.6 Å². The van der Waals surface area contributed by atoms with Gasteiger partial charge in [0.05, 0.1) is 11.0 Å². The molecule has 4 aromatic rings. The molecule has 0 bridgehead atoms. The zero-order chi connectivity index (χ0) is 16.7. The molecule has 0 aliphatic heterocycles. The van der Waals surface area contributed by atoms with Gasteiger partial charge in [-0.3, -0.25) is 0 Å². The minimum atomic E-state index is -0.337. The first-order valence-corrected chi connectivity index (χ1v) is 7.57. The van der Waals surface area contributed by atoms with Crippen LogP contribution in [0.2, 0.25) is 0 Å². The molecule has 2 aromatic carbocycles. The molecular formula is C19H14F2N2O. The van der Waals surface area contributed by atoms with Gasteiger partial charge < -0.3 is 8.98 Å². The van der Waals surface area contributed by atoms with Gasteiger partial charge in [0.2, 0.25) is 0 Å². The van der Waals surface area contributed by atoms with Crippen molar-refractivity contribution in [1.82, 2.24) is 9.55 Å². The molecule has 0 fully saturated rings. The quantitative estimate of drug-likeness (QED) is 0.535. The first kappa shape index (κ1) is 14.6. The third-order valence-corrected chi connectivity index (χ3v) is 3.92. The topological polar surface area (TPSA) is 31.0 Å². The van der Waals surface area contributed by atoms with E-state index in [-0.39, 0.29) is 11.6 Å². The summed E-state index contributed by atoms with van der Waals surface area (Å²) in [7, 11) is 0. The Bertz CT molecular complexity index is 1020. The van der Waals surface area contributed by atoms with E-state index in [1.54, 1.807) is 18.2 Å². The van der Waals surface area contributed by atoms with Gasteiger partial charge in [0.1, 0.15) is 17.4 Å². The summed E-state index contributed by atoms with van der Waals surface area (Å²) in [5.41, 5.74) is 2.27. The molecule has 2 aromatic heterocycles. The molecule has 5 heteroatoms. The maximum absolute atomic E-state index is 13.5. The van der Waals surface area contributed by atoms with Crippen LogP contribution >= 0.6 is 0 Å². The summed E-state index contributed by atoms with van der Waals surface area (Å²) < 4.78 is 34.3.